The molecule has 19 aromatic rings. The zero-order valence-corrected chi connectivity index (χ0v) is 51.5. The van der Waals surface area contributed by atoms with Crippen LogP contribution >= 0.6 is 0 Å². The molecule has 0 atom stereocenters. The number of aromatic nitrogens is 3. The molecule has 0 unspecified atom stereocenters. The summed E-state index contributed by atoms with van der Waals surface area (Å²) in [6.07, 6.45) is 0. The van der Waals surface area contributed by atoms with Crippen LogP contribution in [0.3, 0.4) is 0 Å². The Bertz CT molecular complexity index is 6480. The third-order valence-corrected chi connectivity index (χ3v) is 23.6. The van der Waals surface area contributed by atoms with Crippen LogP contribution in [-0.4, -0.2) is 61.5 Å². The number of fused-ring (bicyclic) bond motifs is 36. The Morgan fingerprint density at radius 2 is 0.511 bits per heavy atom. The van der Waals surface area contributed by atoms with E-state index in [0.29, 0.717) is 0 Å². The van der Waals surface area contributed by atoms with Gasteiger partial charge in [-0.3, -0.25) is 0 Å². The summed E-state index contributed by atoms with van der Waals surface area (Å²) in [4.78, 5) is 10.3. The topological polar surface area (TPSA) is 44.7 Å². The van der Waals surface area contributed by atoms with Crippen molar-refractivity contribution in [3.63, 3.8) is 0 Å². The van der Waals surface area contributed by atoms with Gasteiger partial charge in [-0.25, -0.2) is 0 Å². The van der Waals surface area contributed by atoms with E-state index in [1.165, 1.54) is 209 Å². The van der Waals surface area contributed by atoms with Gasteiger partial charge in [-0.2, -0.15) is 0 Å². The summed E-state index contributed by atoms with van der Waals surface area (Å²) in [7, 11) is 9.36. The average molecular weight is 1200 g/mol. The zero-order valence-electron chi connectivity index (χ0n) is 51.5. The fourth-order valence-electron chi connectivity index (χ4n) is 20.2. The molecule has 0 amide bonds. The van der Waals surface area contributed by atoms with Gasteiger partial charge in [0.2, 0.25) is 0 Å². The van der Waals surface area contributed by atoms with Gasteiger partial charge in [0, 0.05) is 128 Å². The van der Waals surface area contributed by atoms with E-state index >= 15 is 0 Å². The van der Waals surface area contributed by atoms with E-state index in [4.69, 9.17) is 9.47 Å². The predicted octanol–water partition coefficient (Wildman–Crippen LogP) is 13.2. The van der Waals surface area contributed by atoms with Crippen LogP contribution in [0.15, 0.2) is 218 Å². The van der Waals surface area contributed by atoms with Crippen molar-refractivity contribution in [3.05, 3.63) is 218 Å². The van der Waals surface area contributed by atoms with E-state index in [9.17, 15) is 0 Å². The summed E-state index contributed by atoms with van der Waals surface area (Å²) in [6, 6.07) is 82.5. The maximum absolute atomic E-state index is 7.48. The minimum atomic E-state index is -0.189. The van der Waals surface area contributed by atoms with E-state index in [0.717, 1.165) is 23.0 Å². The minimum Gasteiger partial charge on any atom is -0.458 e. The number of ether oxygens (including phenoxy) is 2. The molecule has 9 nitrogen and oxygen atoms in total. The maximum Gasteiger partial charge on any atom is 0.256 e. The van der Waals surface area contributed by atoms with Gasteiger partial charge in [0.15, 0.2) is 0 Å². The third kappa shape index (κ3) is 5.04. The highest BCUT2D eigenvalue weighted by Crippen LogP contribution is 2.56. The van der Waals surface area contributed by atoms with E-state index in [2.05, 4.69) is 279 Å². The second kappa shape index (κ2) is 15.8. The minimum absolute atomic E-state index is 0.139. The normalized spacial score (nSPS) is 14.8. The van der Waals surface area contributed by atoms with Gasteiger partial charge >= 0.3 is 0 Å². The van der Waals surface area contributed by atoms with Gasteiger partial charge in [-0.1, -0.05) is 158 Å². The van der Waals surface area contributed by atoms with Gasteiger partial charge in [0.05, 0.1) is 60.4 Å². The molecular weight excluding hydrogens is 1150 g/mol. The molecule has 0 saturated heterocycles. The summed E-state index contributed by atoms with van der Waals surface area (Å²) in [5, 5.41) is 14.9. The van der Waals surface area contributed by atoms with Crippen LogP contribution in [0.1, 0.15) is 0 Å². The zero-order chi connectivity index (χ0) is 60.9. The van der Waals surface area contributed by atoms with E-state index in [-0.39, 0.29) is 20.1 Å². The number of anilines is 8. The quantitative estimate of drug-likeness (QED) is 0.141. The van der Waals surface area contributed by atoms with Crippen LogP contribution in [0.25, 0.3) is 114 Å². The maximum atomic E-state index is 7.48. The summed E-state index contributed by atoms with van der Waals surface area (Å²) in [5.74, 6) is 3.74. The standard InChI is InChI=1S/C82H48B3N7O2/c1-86-61-39-59-49(83-47-27-11-19-35-63(47)93-81-69-45-25-9-17-33-57(45)91-55-31-15-7-23-43(55)67(75(69)91)79(72(81)83)88(59)3)37-51(61)85-52-38-50-60(40-62(52)87(2)78-66-42-22-6-14-30-54(42)90-53-29-13-5-21-41(53)65(74(66)90)77(86)71(78)85)89(4)80-68-44-24-8-16-32-56(44)92-58-34-18-10-26-46(58)70(76(68)92)82-73(80)84(50)48-28-12-20-36-64(48)94-82/h5-40H,1-4H3. The number of benzene rings is 13. The molecule has 25 rings (SSSR count). The Hall–Kier alpha value is -11.7. The summed E-state index contributed by atoms with van der Waals surface area (Å²) in [6.45, 7) is -0.468. The van der Waals surface area contributed by atoms with E-state index in [1.807, 2.05) is 0 Å². The largest absolute Gasteiger partial charge is 0.458 e. The van der Waals surface area contributed by atoms with Gasteiger partial charge in [0.1, 0.15) is 23.0 Å². The molecule has 94 heavy (non-hydrogen) atoms. The number of hydrogen-bond acceptors (Lipinski definition) is 6. The van der Waals surface area contributed by atoms with Crippen molar-refractivity contribution in [1.82, 2.24) is 13.2 Å². The number of nitrogens with zero attached hydrogens (tertiary/aromatic N) is 7. The second-order valence-corrected chi connectivity index (χ2v) is 27.5. The molecule has 0 radical (unpaired) electrons. The van der Waals surface area contributed by atoms with Crippen molar-refractivity contribution in [3.8, 4) is 23.0 Å². The SMILES string of the molecule is CN1c2cc3c(cc2B2c4ccccc4Oc4c2c1c1c2ccccc2n2c5ccccc5c4c12)B1c2cc4c(cc2N(C)c2c1c(c1c5ccccc5n5c6ccccc6c2c15)N3C)N(C)c1c2c(c3c5ccccc5n5c6ccccc6c1c35)Oc1ccccc1B42. The van der Waals surface area contributed by atoms with Crippen molar-refractivity contribution in [1.29, 1.82) is 0 Å². The van der Waals surface area contributed by atoms with Crippen molar-refractivity contribution < 1.29 is 9.47 Å². The Kier molecular flexibility index (Phi) is 8.06. The molecule has 0 aliphatic carbocycles. The molecule has 13 aromatic carbocycles. The number of rotatable bonds is 0. The molecular formula is C82H48B3N7O2. The first-order valence-electron chi connectivity index (χ1n) is 32.9. The van der Waals surface area contributed by atoms with Crippen LogP contribution in [0, 0.1) is 0 Å². The smallest absolute Gasteiger partial charge is 0.256 e. The lowest BCUT2D eigenvalue weighted by atomic mass is 9.29. The first kappa shape index (κ1) is 48.1. The van der Waals surface area contributed by atoms with Crippen molar-refractivity contribution in [2.24, 2.45) is 0 Å². The van der Waals surface area contributed by atoms with Crippen molar-refractivity contribution in [2.45, 2.75) is 0 Å². The van der Waals surface area contributed by atoms with Gasteiger partial charge < -0.3 is 42.3 Å². The second-order valence-electron chi connectivity index (χ2n) is 27.5. The van der Waals surface area contributed by atoms with Crippen LogP contribution in [0.5, 0.6) is 23.0 Å². The molecule has 0 N–H and O–H groups in total. The fraction of sp³-hybridized carbons (Fsp3) is 0.0488. The predicted molar refractivity (Wildman–Crippen MR) is 395 cm³/mol. The van der Waals surface area contributed by atoms with Crippen LogP contribution in [-0.2, 0) is 0 Å². The third-order valence-electron chi connectivity index (χ3n) is 23.6. The first-order valence-corrected chi connectivity index (χ1v) is 32.9. The van der Waals surface area contributed by atoms with Crippen molar-refractivity contribution in [2.75, 3.05) is 47.8 Å². The van der Waals surface area contributed by atoms with Gasteiger partial charge in [-0.15, -0.1) is 0 Å². The molecule has 432 valence electrons. The monoisotopic (exact) mass is 1200 g/mol. The Labute approximate surface area is 537 Å². The van der Waals surface area contributed by atoms with E-state index < -0.39 is 0 Å². The van der Waals surface area contributed by atoms with Crippen LogP contribution in [0.4, 0.5) is 45.5 Å². The van der Waals surface area contributed by atoms with E-state index in [1.54, 1.807) is 0 Å². The Morgan fingerprint density at radius 3 is 0.840 bits per heavy atom. The molecule has 0 spiro atoms. The molecule has 6 aliphatic heterocycles. The Balaban J connectivity index is 0.828. The molecule has 12 heterocycles. The molecule has 0 bridgehead atoms. The molecule has 0 fully saturated rings. The van der Waals surface area contributed by atoms with Gasteiger partial charge in [-0.05, 0) is 110 Å². The summed E-state index contributed by atoms with van der Waals surface area (Å²) >= 11 is 0. The number of hydrogen-bond donors (Lipinski definition) is 0. The highest BCUT2D eigenvalue weighted by molar-refractivity contribution is 7.04. The average Bonchev–Trinajstić information content (AvgIpc) is 1.44. The molecule has 6 aliphatic rings. The summed E-state index contributed by atoms with van der Waals surface area (Å²) in [5.41, 5.74) is 32.1. The lowest BCUT2D eigenvalue weighted by Crippen LogP contribution is -2.66. The molecule has 0 saturated carbocycles. The summed E-state index contributed by atoms with van der Waals surface area (Å²) < 4.78 is 22.5. The highest BCUT2D eigenvalue weighted by Gasteiger charge is 2.51. The molecule has 12 heteroatoms. The highest BCUT2D eigenvalue weighted by atomic mass is 16.5. The van der Waals surface area contributed by atoms with Crippen LogP contribution < -0.4 is 78.2 Å². The lowest BCUT2D eigenvalue weighted by Gasteiger charge is -2.46. The molecule has 6 aromatic heterocycles. The van der Waals surface area contributed by atoms with Gasteiger partial charge in [0.25, 0.3) is 20.1 Å². The first-order chi connectivity index (χ1) is 46.4. The lowest BCUT2D eigenvalue weighted by molar-refractivity contribution is 0.493. The Morgan fingerprint density at radius 1 is 0.255 bits per heavy atom. The fourth-order valence-corrected chi connectivity index (χ4v) is 20.2. The van der Waals surface area contributed by atoms with Crippen LogP contribution in [0.2, 0.25) is 0 Å². The van der Waals surface area contributed by atoms with Crippen molar-refractivity contribution >= 4 is 229 Å². The number of para-hydroxylation sites is 8.